The molecule has 0 bridgehead atoms. The monoisotopic (exact) mass is 421 g/mol. The summed E-state index contributed by atoms with van der Waals surface area (Å²) in [5, 5.41) is 3.46. The molecule has 0 spiro atoms. The van der Waals surface area contributed by atoms with Crippen molar-refractivity contribution < 1.29 is 13.2 Å². The lowest BCUT2D eigenvalue weighted by atomic mass is 10.0. The first-order chi connectivity index (χ1) is 13.3. The molecule has 0 unspecified atom stereocenters. The molecule has 0 radical (unpaired) electrons. The van der Waals surface area contributed by atoms with Gasteiger partial charge in [-0.25, -0.2) is 13.4 Å². The summed E-state index contributed by atoms with van der Waals surface area (Å²) in [6.45, 7) is 6.65. The van der Waals surface area contributed by atoms with Crippen molar-refractivity contribution in [1.82, 2.24) is 9.29 Å². The van der Waals surface area contributed by atoms with Gasteiger partial charge in [0.2, 0.25) is 15.9 Å². The van der Waals surface area contributed by atoms with E-state index < -0.39 is 10.0 Å². The number of nitrogens with one attached hydrogen (secondary N) is 1. The van der Waals surface area contributed by atoms with Gasteiger partial charge in [-0.3, -0.25) is 4.79 Å². The van der Waals surface area contributed by atoms with E-state index in [9.17, 15) is 13.2 Å². The molecular formula is C20H27N3O3S2. The molecule has 0 fully saturated rings. The van der Waals surface area contributed by atoms with Crippen LogP contribution in [0.15, 0.2) is 29.2 Å². The minimum absolute atomic E-state index is 0.0244. The van der Waals surface area contributed by atoms with Gasteiger partial charge in [0.15, 0.2) is 5.13 Å². The van der Waals surface area contributed by atoms with E-state index in [4.69, 9.17) is 0 Å². The van der Waals surface area contributed by atoms with Crippen LogP contribution in [0.1, 0.15) is 49.2 Å². The molecule has 28 heavy (non-hydrogen) atoms. The number of rotatable bonds is 7. The van der Waals surface area contributed by atoms with Crippen LogP contribution in [0.4, 0.5) is 5.13 Å². The fraction of sp³-hybridized carbons (Fsp3) is 0.500. The number of anilines is 1. The van der Waals surface area contributed by atoms with Gasteiger partial charge in [-0.1, -0.05) is 44.4 Å². The van der Waals surface area contributed by atoms with Crippen molar-refractivity contribution in [2.75, 3.05) is 11.9 Å². The van der Waals surface area contributed by atoms with E-state index in [1.165, 1.54) is 15.6 Å². The Morgan fingerprint density at radius 1 is 1.32 bits per heavy atom. The van der Waals surface area contributed by atoms with Crippen LogP contribution in [0.3, 0.4) is 0 Å². The number of unbranched alkanes of at least 4 members (excludes halogenated alkanes) is 1. The van der Waals surface area contributed by atoms with Crippen LogP contribution in [0.5, 0.6) is 0 Å². The highest BCUT2D eigenvalue weighted by Gasteiger charge is 2.30. The van der Waals surface area contributed by atoms with Gasteiger partial charge in [0, 0.05) is 23.8 Å². The highest BCUT2D eigenvalue weighted by molar-refractivity contribution is 7.89. The molecule has 1 aromatic carbocycles. The number of fused-ring (bicyclic) bond motifs is 1. The summed E-state index contributed by atoms with van der Waals surface area (Å²) in [7, 11) is -3.53. The lowest BCUT2D eigenvalue weighted by molar-refractivity contribution is -0.119. The third kappa shape index (κ3) is 4.61. The second kappa shape index (κ2) is 8.71. The van der Waals surface area contributed by atoms with Gasteiger partial charge in [0.25, 0.3) is 0 Å². The number of nitrogens with zero attached hydrogens (tertiary/aromatic N) is 2. The Balaban J connectivity index is 1.70. The Kier molecular flexibility index (Phi) is 6.52. The quantitative estimate of drug-likeness (QED) is 0.734. The van der Waals surface area contributed by atoms with E-state index in [0.717, 1.165) is 35.4 Å². The molecule has 2 heterocycles. The third-order valence-corrected chi connectivity index (χ3v) is 7.88. The van der Waals surface area contributed by atoms with Gasteiger partial charge in [-0.15, -0.1) is 11.3 Å². The Morgan fingerprint density at radius 3 is 2.71 bits per heavy atom. The largest absolute Gasteiger partial charge is 0.302 e. The van der Waals surface area contributed by atoms with Crippen LogP contribution >= 0.6 is 11.3 Å². The zero-order valence-electron chi connectivity index (χ0n) is 16.6. The smallest absolute Gasteiger partial charge is 0.243 e. The number of carbonyl (C=O) groups is 1. The highest BCUT2D eigenvalue weighted by Crippen LogP contribution is 2.31. The standard InChI is InChI=1S/C20H27N3O3S2/c1-4-5-6-15(3)19(24)22-20-21-17-11-12-23(13-18(17)27-20)28(25,26)16-9-7-14(2)8-10-16/h7-10,15H,4-6,11-13H2,1-3H3,(H,21,22,24)/t15-/m0/s1. The first-order valence-corrected chi connectivity index (χ1v) is 11.9. The number of hydrogen-bond acceptors (Lipinski definition) is 5. The summed E-state index contributed by atoms with van der Waals surface area (Å²) in [6.07, 6.45) is 3.50. The summed E-state index contributed by atoms with van der Waals surface area (Å²) < 4.78 is 27.3. The minimum atomic E-state index is -3.53. The molecule has 152 valence electrons. The van der Waals surface area contributed by atoms with Crippen molar-refractivity contribution in [3.8, 4) is 0 Å². The average molecular weight is 422 g/mol. The Bertz CT molecular complexity index is 936. The summed E-state index contributed by atoms with van der Waals surface area (Å²) in [6, 6.07) is 6.91. The fourth-order valence-electron chi connectivity index (χ4n) is 3.16. The number of amides is 1. The van der Waals surface area contributed by atoms with Crippen LogP contribution in [0, 0.1) is 12.8 Å². The van der Waals surface area contributed by atoms with Crippen LogP contribution in [0.25, 0.3) is 0 Å². The summed E-state index contributed by atoms with van der Waals surface area (Å²) >= 11 is 1.37. The predicted molar refractivity (Wildman–Crippen MR) is 112 cm³/mol. The zero-order chi connectivity index (χ0) is 20.3. The molecule has 0 saturated carbocycles. The van der Waals surface area contributed by atoms with Gasteiger partial charge >= 0.3 is 0 Å². The maximum atomic E-state index is 12.9. The van der Waals surface area contributed by atoms with Crippen molar-refractivity contribution in [2.45, 2.75) is 57.9 Å². The van der Waals surface area contributed by atoms with Crippen molar-refractivity contribution in [1.29, 1.82) is 0 Å². The number of hydrogen-bond donors (Lipinski definition) is 1. The molecule has 1 aliphatic heterocycles. The van der Waals surface area contributed by atoms with Crippen molar-refractivity contribution >= 4 is 32.4 Å². The number of aryl methyl sites for hydroxylation is 1. The summed E-state index contributed by atoms with van der Waals surface area (Å²) in [5.41, 5.74) is 1.91. The normalized spacial score (nSPS) is 15.8. The average Bonchev–Trinajstić information content (AvgIpc) is 3.07. The van der Waals surface area contributed by atoms with Crippen molar-refractivity contribution in [2.24, 2.45) is 5.92 Å². The van der Waals surface area contributed by atoms with E-state index in [2.05, 4.69) is 17.2 Å². The summed E-state index contributed by atoms with van der Waals surface area (Å²) in [5.74, 6) is -0.0806. The maximum absolute atomic E-state index is 12.9. The first-order valence-electron chi connectivity index (χ1n) is 9.67. The number of aromatic nitrogens is 1. The van der Waals surface area contributed by atoms with Crippen LogP contribution in [0.2, 0.25) is 0 Å². The van der Waals surface area contributed by atoms with Crippen molar-refractivity contribution in [3.05, 3.63) is 40.4 Å². The fourth-order valence-corrected chi connectivity index (χ4v) is 5.68. The molecule has 2 aromatic rings. The molecule has 1 N–H and O–H groups in total. The number of benzene rings is 1. The van der Waals surface area contributed by atoms with E-state index >= 15 is 0 Å². The predicted octanol–water partition coefficient (Wildman–Crippen LogP) is 3.96. The van der Waals surface area contributed by atoms with E-state index in [1.807, 2.05) is 26.0 Å². The van der Waals surface area contributed by atoms with Crippen LogP contribution < -0.4 is 5.32 Å². The number of carbonyl (C=O) groups excluding carboxylic acids is 1. The second-order valence-electron chi connectivity index (χ2n) is 7.32. The van der Waals surface area contributed by atoms with Gasteiger partial charge in [0.05, 0.1) is 17.1 Å². The number of thiazole rings is 1. The van der Waals surface area contributed by atoms with Crippen molar-refractivity contribution in [3.63, 3.8) is 0 Å². The SMILES string of the molecule is CCCC[C@H](C)C(=O)Nc1nc2c(s1)CN(S(=O)(=O)c1ccc(C)cc1)CC2. The van der Waals surface area contributed by atoms with E-state index in [-0.39, 0.29) is 11.8 Å². The minimum Gasteiger partial charge on any atom is -0.302 e. The van der Waals surface area contributed by atoms with Gasteiger partial charge in [0.1, 0.15) is 0 Å². The molecule has 1 atom stereocenters. The zero-order valence-corrected chi connectivity index (χ0v) is 18.2. The Labute approximate surface area is 171 Å². The van der Waals surface area contributed by atoms with Crippen LogP contribution in [-0.4, -0.2) is 30.2 Å². The maximum Gasteiger partial charge on any atom is 0.243 e. The topological polar surface area (TPSA) is 79.4 Å². The molecule has 8 heteroatoms. The molecule has 1 amide bonds. The lowest BCUT2D eigenvalue weighted by Crippen LogP contribution is -2.35. The first kappa shape index (κ1) is 21.0. The Hall–Kier alpha value is -1.77. The Morgan fingerprint density at radius 2 is 2.04 bits per heavy atom. The van der Waals surface area contributed by atoms with E-state index in [1.54, 1.807) is 12.1 Å². The molecule has 3 rings (SSSR count). The van der Waals surface area contributed by atoms with E-state index in [0.29, 0.717) is 29.5 Å². The van der Waals surface area contributed by atoms with Crippen LogP contribution in [-0.2, 0) is 27.8 Å². The molecule has 1 aliphatic rings. The number of sulfonamides is 1. The summed E-state index contributed by atoms with van der Waals surface area (Å²) in [4.78, 5) is 18.0. The third-order valence-electron chi connectivity index (χ3n) is 5.02. The molecule has 0 saturated heterocycles. The molecular weight excluding hydrogens is 394 g/mol. The van der Waals surface area contributed by atoms with Gasteiger partial charge in [-0.05, 0) is 25.5 Å². The van der Waals surface area contributed by atoms with Gasteiger partial charge < -0.3 is 5.32 Å². The second-order valence-corrected chi connectivity index (χ2v) is 10.3. The highest BCUT2D eigenvalue weighted by atomic mass is 32.2. The molecule has 0 aliphatic carbocycles. The molecule has 6 nitrogen and oxygen atoms in total. The lowest BCUT2D eigenvalue weighted by Gasteiger charge is -2.25. The molecule has 1 aromatic heterocycles. The van der Waals surface area contributed by atoms with Gasteiger partial charge in [-0.2, -0.15) is 4.31 Å².